The molecule has 18 nitrogen and oxygen atoms in total. The van der Waals surface area contributed by atoms with Gasteiger partial charge in [-0.3, -0.25) is 9.11 Å². The van der Waals surface area contributed by atoms with E-state index in [1.54, 1.807) is 91.8 Å². The molecule has 64 heavy (non-hydrogen) atoms. The van der Waals surface area contributed by atoms with Crippen molar-refractivity contribution in [2.45, 2.75) is 68.7 Å². The fourth-order valence-electron chi connectivity index (χ4n) is 2.10. The molecule has 2 atom stereocenters. The van der Waals surface area contributed by atoms with Crippen molar-refractivity contribution in [2.24, 2.45) is 4.30 Å². The molecule has 0 aromatic rings. The summed E-state index contributed by atoms with van der Waals surface area (Å²) in [6.45, 7) is 19.1. The number of carboxylic acid groups (broad SMARTS) is 1. The topological polar surface area (TPSA) is 286 Å². The van der Waals surface area contributed by atoms with Gasteiger partial charge < -0.3 is 51.2 Å². The molecular formula is C37H66BBr3NNaO17P2S2-. The summed E-state index contributed by atoms with van der Waals surface area (Å²) < 4.78 is 62.6. The molecule has 0 aromatic carbocycles. The van der Waals surface area contributed by atoms with Gasteiger partial charge in [0.15, 0.2) is 0 Å². The van der Waals surface area contributed by atoms with Crippen LogP contribution in [-0.4, -0.2) is 119 Å². The van der Waals surface area contributed by atoms with E-state index >= 15 is 0 Å². The van der Waals surface area contributed by atoms with Gasteiger partial charge >= 0.3 is 101 Å². The first-order chi connectivity index (χ1) is 28.6. The number of hydrogen-bond donors (Lipinski definition) is 4. The van der Waals surface area contributed by atoms with E-state index in [4.69, 9.17) is 23.9 Å². The number of halogens is 3. The predicted octanol–water partition coefficient (Wildman–Crippen LogP) is 1.98. The Balaban J connectivity index is -0.0000000492. The molecule has 0 aliphatic rings. The second-order valence-electron chi connectivity index (χ2n) is 9.64. The van der Waals surface area contributed by atoms with Crippen molar-refractivity contribution in [3.05, 3.63) is 82.5 Å². The Morgan fingerprint density at radius 1 is 0.734 bits per heavy atom. The molecule has 0 aromatic heterocycles. The zero-order valence-electron chi connectivity index (χ0n) is 40.1. The molecule has 1 radical (unpaired) electrons. The smallest absolute Gasteiger partial charge is 1.00 e. The molecule has 0 saturated heterocycles. The maximum Gasteiger partial charge on any atom is 1.00 e. The number of allylic oxidation sites excluding steroid dienone is 7. The minimum Gasteiger partial charge on any atom is -1.00 e. The maximum atomic E-state index is 10.7. The minimum absolute atomic E-state index is 0. The largest absolute Gasteiger partial charge is 1.00 e. The van der Waals surface area contributed by atoms with E-state index in [0.29, 0.717) is 44.1 Å². The fraction of sp³-hybridized carbons (Fsp3) is 0.459. The first-order valence-corrected chi connectivity index (χ1v) is 22.9. The first-order valence-electron chi connectivity index (χ1n) is 17.1. The Morgan fingerprint density at radius 2 is 1.02 bits per heavy atom. The van der Waals surface area contributed by atoms with Gasteiger partial charge in [-0.05, 0) is 61.8 Å². The number of carboxylic acids is 1. The summed E-state index contributed by atoms with van der Waals surface area (Å²) >= 11 is 9.50. The van der Waals surface area contributed by atoms with E-state index in [1.165, 1.54) is 35.5 Å². The van der Waals surface area contributed by atoms with E-state index < -0.39 is 16.4 Å². The van der Waals surface area contributed by atoms with Crippen molar-refractivity contribution in [1.82, 2.24) is 0 Å². The third-order valence-corrected chi connectivity index (χ3v) is 6.36. The summed E-state index contributed by atoms with van der Waals surface area (Å²) in [5.41, 5.74) is 3.56. The van der Waals surface area contributed by atoms with Crippen LogP contribution in [0.25, 0.3) is 0 Å². The Hall–Kier alpha value is -1.66. The van der Waals surface area contributed by atoms with Crippen LogP contribution in [0.2, 0.25) is 0 Å². The molecule has 0 spiro atoms. The monoisotopic (exact) mass is 1200 g/mol. The normalized spacial score (nSPS) is 10.5. The molecule has 0 fully saturated rings. The number of aliphatic carboxylic acids is 1. The van der Waals surface area contributed by atoms with Crippen molar-refractivity contribution in [1.29, 1.82) is 1.28 Å². The van der Waals surface area contributed by atoms with Crippen molar-refractivity contribution < 1.29 is 127 Å². The molecule has 0 aliphatic carbocycles. The van der Waals surface area contributed by atoms with Gasteiger partial charge in [-0.1, -0.05) is 87.9 Å². The fourth-order valence-corrected chi connectivity index (χ4v) is 3.14. The summed E-state index contributed by atoms with van der Waals surface area (Å²) in [5.74, 6) is -2.19. The van der Waals surface area contributed by atoms with Crippen molar-refractivity contribution in [2.75, 3.05) is 46.2 Å². The molecule has 27 heteroatoms. The van der Waals surface area contributed by atoms with Crippen molar-refractivity contribution in [3.8, 4) is 0 Å². The van der Waals surface area contributed by atoms with Crippen LogP contribution in [0.5, 0.6) is 0 Å². The van der Waals surface area contributed by atoms with Crippen LogP contribution in [-0.2, 0) is 62.9 Å². The molecule has 4 N–H and O–H groups in total. The van der Waals surface area contributed by atoms with Crippen LogP contribution in [0.15, 0.2) is 86.9 Å². The molecule has 0 bridgehead atoms. The standard InChI is InChI=1S/C7H12O2.C7H10O2.2C6H9BrO2.C6H10O2.C5H8O2.BHNS.BrH.Na.H2O4S.H2O.H4P2/c2*1-4-5-6(2)7(8)9-3;1-5(3-4-7)6(8)9-2;1-3-5(4-7)6(8)9-2;1-4-5(2)6(7)8-3;1-3-4(2)5(6)7;1-2-3;;;1-5(2,3)4;;1-2/h5H,4H2,1-3H3;4-5H,1H2,2-3H3;2*3H,4H2,1-2H3;4H,1-3H3;3H,1-2H3,(H,6,7);3H;1H;;(H2,1,2,3,4);1H2;1-2H2/q;;;;;;;;+1;;;/p-2/b2*6-5+;2*5-3+;5-4+;4-3+;;;;;;/i;;;;;;;;;;;1T. The average molecular weight is 1200 g/mol. The quantitative estimate of drug-likeness (QED) is 0.0280. The van der Waals surface area contributed by atoms with Crippen molar-refractivity contribution >= 4 is 116 Å². The third kappa shape index (κ3) is 87.3. The van der Waals surface area contributed by atoms with Gasteiger partial charge in [0.05, 0.1) is 36.8 Å². The zero-order valence-corrected chi connectivity index (χ0v) is 49.7. The Kier molecular flexibility index (Phi) is 97.8. The minimum atomic E-state index is -4.67. The van der Waals surface area contributed by atoms with Gasteiger partial charge in [0.25, 0.3) is 0 Å². The van der Waals surface area contributed by atoms with Gasteiger partial charge in [-0.15, -0.1) is 17.8 Å². The molecule has 369 valence electrons. The van der Waals surface area contributed by atoms with Crippen LogP contribution < -0.4 is 46.5 Å². The Morgan fingerprint density at radius 3 is 1.17 bits per heavy atom. The van der Waals surface area contributed by atoms with Crippen LogP contribution >= 0.6 is 62.5 Å². The Labute approximate surface area is 442 Å². The van der Waals surface area contributed by atoms with Crippen LogP contribution in [0.1, 0.15) is 68.7 Å². The summed E-state index contributed by atoms with van der Waals surface area (Å²) in [6.07, 6.45) is 12.6. The average Bonchev–Trinajstić information content (AvgIpc) is 3.23. The first kappa shape index (κ1) is 89.0. The Bertz CT molecular complexity index is 1530. The predicted molar refractivity (Wildman–Crippen MR) is 262 cm³/mol. The molecule has 0 amide bonds. The molecule has 0 rings (SSSR count). The number of methoxy groups -OCH3 is 5. The number of rotatable bonds is 10. The van der Waals surface area contributed by atoms with Gasteiger partial charge in [0, 0.05) is 44.1 Å². The number of alkyl halides is 2. The van der Waals surface area contributed by atoms with E-state index in [-0.39, 0.29) is 90.7 Å². The second kappa shape index (κ2) is 70.4. The number of carbonyl (C=O) groups excluding carboxylic acids is 5. The summed E-state index contributed by atoms with van der Waals surface area (Å²) in [7, 11) is 9.04. The third-order valence-electron chi connectivity index (χ3n) is 5.43. The van der Waals surface area contributed by atoms with Gasteiger partial charge in [-0.2, -0.15) is 8.42 Å². The number of carbonyl (C=O) groups is 6. The molecule has 2 unspecified atom stereocenters. The van der Waals surface area contributed by atoms with E-state index in [0.717, 1.165) is 6.42 Å². The number of nitrogens with zero attached hydrogens (tertiary/aromatic N) is 1. The zero-order chi connectivity index (χ0) is 51.4. The molecular weight excluding hydrogens is 1130 g/mol. The number of esters is 5. The molecule has 0 heterocycles. The van der Waals surface area contributed by atoms with Crippen LogP contribution in [0.3, 0.4) is 0 Å². The number of ether oxygens (including phenoxy) is 5. The van der Waals surface area contributed by atoms with Crippen LogP contribution in [0.4, 0.5) is 0 Å². The number of thiol groups is 1. The molecule has 0 aliphatic heterocycles. The van der Waals surface area contributed by atoms with Gasteiger partial charge in [-0.25, -0.2) is 28.8 Å². The van der Waals surface area contributed by atoms with Gasteiger partial charge in [0.1, 0.15) is 0 Å². The summed E-state index contributed by atoms with van der Waals surface area (Å²) in [4.78, 5) is 62.7. The number of hydrogen-bond acceptors (Lipinski definition) is 16. The molecule has 0 saturated carbocycles. The van der Waals surface area contributed by atoms with E-state index in [1.807, 2.05) is 13.0 Å². The maximum absolute atomic E-state index is 10.7. The van der Waals surface area contributed by atoms with E-state index in [9.17, 15) is 28.8 Å². The van der Waals surface area contributed by atoms with Crippen molar-refractivity contribution in [3.63, 3.8) is 0 Å². The summed E-state index contributed by atoms with van der Waals surface area (Å²) in [5, 5.41) is 9.35. The van der Waals surface area contributed by atoms with E-state index in [2.05, 4.69) is 95.8 Å². The van der Waals surface area contributed by atoms with Gasteiger partial charge in [0.2, 0.25) is 0 Å². The second-order valence-corrected chi connectivity index (χ2v) is 12.0. The SMILES string of the molecule is C/C=C(\C)C(=O)O.C/C=C(\C)C(=O)OC.C/C=C(\CBr)C(=O)OC.C=C/C=C(\C)C(=O)OC.CC/C=C(\C)C(=O)OC.COC(=O)/C(C)=C/CBr.O=S(=O)(O)O.[3H]PP.[B]=NS.[Br-].[Na+].[OH-]. The summed E-state index contributed by atoms with van der Waals surface area (Å²) in [6, 6.07) is 0. The van der Waals surface area contributed by atoms with Crippen LogP contribution in [0, 0.1) is 0 Å².